The molecule has 0 aliphatic carbocycles. The molecule has 0 saturated carbocycles. The van der Waals surface area contributed by atoms with Crippen LogP contribution in [0.4, 0.5) is 5.69 Å². The van der Waals surface area contributed by atoms with Crippen molar-refractivity contribution in [3.05, 3.63) is 29.8 Å². The van der Waals surface area contributed by atoms with Crippen molar-refractivity contribution in [3.63, 3.8) is 0 Å². The van der Waals surface area contributed by atoms with Gasteiger partial charge in [-0.15, -0.1) is 0 Å². The number of carbonyl (C=O) groups excluding carboxylic acids is 1. The first-order valence-corrected chi connectivity index (χ1v) is 6.63. The molecule has 0 bridgehead atoms. The van der Waals surface area contributed by atoms with Crippen LogP contribution >= 0.6 is 0 Å². The third-order valence-corrected chi connectivity index (χ3v) is 2.75. The van der Waals surface area contributed by atoms with E-state index in [0.29, 0.717) is 12.5 Å². The van der Waals surface area contributed by atoms with Gasteiger partial charge in [-0.2, -0.15) is 0 Å². The lowest BCUT2D eigenvalue weighted by Crippen LogP contribution is -2.17. The van der Waals surface area contributed by atoms with Crippen LogP contribution in [0.5, 0.6) is 0 Å². The van der Waals surface area contributed by atoms with Gasteiger partial charge in [0.05, 0.1) is 6.61 Å². The second-order valence-electron chi connectivity index (χ2n) is 4.71. The standard InChI is InChI=1S/C15H23NO2/c1-4-5-9-18-15(17)11-16-14-8-6-7-13(10-14)12(2)3/h6-8,10,12,16H,4-5,9,11H2,1-3H3. The van der Waals surface area contributed by atoms with Crippen LogP contribution in [0.25, 0.3) is 0 Å². The first-order chi connectivity index (χ1) is 8.63. The Labute approximate surface area is 110 Å². The van der Waals surface area contributed by atoms with Crippen LogP contribution in [0, 0.1) is 0 Å². The Morgan fingerprint density at radius 2 is 2.17 bits per heavy atom. The average Bonchev–Trinajstić information content (AvgIpc) is 2.37. The van der Waals surface area contributed by atoms with Crippen LogP contribution in [0.2, 0.25) is 0 Å². The van der Waals surface area contributed by atoms with E-state index in [1.54, 1.807) is 0 Å². The van der Waals surface area contributed by atoms with Crippen molar-refractivity contribution < 1.29 is 9.53 Å². The van der Waals surface area contributed by atoms with Crippen molar-refractivity contribution >= 4 is 11.7 Å². The lowest BCUT2D eigenvalue weighted by atomic mass is 10.0. The van der Waals surface area contributed by atoms with E-state index in [2.05, 4.69) is 38.2 Å². The summed E-state index contributed by atoms with van der Waals surface area (Å²) in [5.41, 5.74) is 2.23. The molecule has 0 unspecified atom stereocenters. The maximum Gasteiger partial charge on any atom is 0.325 e. The molecule has 3 heteroatoms. The molecule has 1 aromatic carbocycles. The van der Waals surface area contributed by atoms with Crippen LogP contribution in [0.15, 0.2) is 24.3 Å². The van der Waals surface area contributed by atoms with Gasteiger partial charge in [0.1, 0.15) is 6.54 Å². The molecule has 0 aromatic heterocycles. The number of nitrogens with one attached hydrogen (secondary N) is 1. The average molecular weight is 249 g/mol. The number of carbonyl (C=O) groups is 1. The van der Waals surface area contributed by atoms with Crippen LogP contribution in [0.1, 0.15) is 45.1 Å². The number of esters is 1. The summed E-state index contributed by atoms with van der Waals surface area (Å²) >= 11 is 0. The molecule has 0 saturated heterocycles. The molecular formula is C15H23NO2. The highest BCUT2D eigenvalue weighted by Crippen LogP contribution is 2.18. The summed E-state index contributed by atoms with van der Waals surface area (Å²) in [5, 5.41) is 3.09. The fourth-order valence-corrected chi connectivity index (χ4v) is 1.56. The van der Waals surface area contributed by atoms with E-state index in [9.17, 15) is 4.79 Å². The lowest BCUT2D eigenvalue weighted by Gasteiger charge is -2.10. The number of rotatable bonds is 7. The van der Waals surface area contributed by atoms with Gasteiger partial charge in [0.2, 0.25) is 0 Å². The molecule has 0 radical (unpaired) electrons. The highest BCUT2D eigenvalue weighted by atomic mass is 16.5. The maximum atomic E-state index is 11.4. The normalized spacial score (nSPS) is 10.4. The maximum absolute atomic E-state index is 11.4. The molecule has 100 valence electrons. The zero-order valence-corrected chi connectivity index (χ0v) is 11.5. The van der Waals surface area contributed by atoms with Gasteiger partial charge in [0.15, 0.2) is 0 Å². The van der Waals surface area contributed by atoms with Crippen LogP contribution in [-0.4, -0.2) is 19.1 Å². The van der Waals surface area contributed by atoms with Crippen molar-refractivity contribution in [2.75, 3.05) is 18.5 Å². The number of anilines is 1. The van der Waals surface area contributed by atoms with Crippen molar-refractivity contribution in [2.24, 2.45) is 0 Å². The van der Waals surface area contributed by atoms with Crippen LogP contribution in [0.3, 0.4) is 0 Å². The van der Waals surface area contributed by atoms with Gasteiger partial charge in [-0.25, -0.2) is 0 Å². The summed E-state index contributed by atoms with van der Waals surface area (Å²) in [4.78, 5) is 11.4. The highest BCUT2D eigenvalue weighted by molar-refractivity contribution is 5.75. The number of benzene rings is 1. The number of unbranched alkanes of at least 4 members (excludes halogenated alkanes) is 1. The zero-order chi connectivity index (χ0) is 13.4. The quantitative estimate of drug-likeness (QED) is 0.593. The van der Waals surface area contributed by atoms with Gasteiger partial charge >= 0.3 is 5.97 Å². The minimum Gasteiger partial charge on any atom is -0.464 e. The third-order valence-electron chi connectivity index (χ3n) is 2.75. The monoisotopic (exact) mass is 249 g/mol. The summed E-state index contributed by atoms with van der Waals surface area (Å²) in [7, 11) is 0. The molecular weight excluding hydrogens is 226 g/mol. The summed E-state index contributed by atoms with van der Waals surface area (Å²) < 4.78 is 5.08. The number of hydrogen-bond acceptors (Lipinski definition) is 3. The Bertz CT molecular complexity index is 375. The van der Waals surface area contributed by atoms with Crippen molar-refractivity contribution in [3.8, 4) is 0 Å². The molecule has 1 rings (SSSR count). The molecule has 0 spiro atoms. The number of ether oxygens (including phenoxy) is 1. The highest BCUT2D eigenvalue weighted by Gasteiger charge is 2.03. The Hall–Kier alpha value is -1.51. The van der Waals surface area contributed by atoms with E-state index < -0.39 is 0 Å². The minimum absolute atomic E-state index is 0.196. The smallest absolute Gasteiger partial charge is 0.325 e. The fraction of sp³-hybridized carbons (Fsp3) is 0.533. The Morgan fingerprint density at radius 3 is 2.83 bits per heavy atom. The molecule has 0 aliphatic rings. The van der Waals surface area contributed by atoms with Crippen LogP contribution in [-0.2, 0) is 9.53 Å². The van der Waals surface area contributed by atoms with Gasteiger partial charge in [0.25, 0.3) is 0 Å². The number of hydrogen-bond donors (Lipinski definition) is 1. The van der Waals surface area contributed by atoms with E-state index in [0.717, 1.165) is 18.5 Å². The molecule has 0 heterocycles. The molecule has 1 aromatic rings. The predicted molar refractivity (Wildman–Crippen MR) is 74.9 cm³/mol. The summed E-state index contributed by atoms with van der Waals surface area (Å²) in [6, 6.07) is 8.13. The second kappa shape index (κ2) is 7.75. The Balaban J connectivity index is 2.38. The van der Waals surface area contributed by atoms with E-state index in [1.807, 2.05) is 12.1 Å². The van der Waals surface area contributed by atoms with E-state index in [-0.39, 0.29) is 12.5 Å². The topological polar surface area (TPSA) is 38.3 Å². The minimum atomic E-state index is -0.196. The van der Waals surface area contributed by atoms with Gasteiger partial charge in [-0.1, -0.05) is 39.3 Å². The van der Waals surface area contributed by atoms with E-state index in [4.69, 9.17) is 4.74 Å². The zero-order valence-electron chi connectivity index (χ0n) is 11.5. The van der Waals surface area contributed by atoms with E-state index in [1.165, 1.54) is 5.56 Å². The van der Waals surface area contributed by atoms with E-state index >= 15 is 0 Å². The summed E-state index contributed by atoms with van der Waals surface area (Å²) in [5.74, 6) is 0.293. The van der Waals surface area contributed by atoms with Crippen LogP contribution < -0.4 is 5.32 Å². The predicted octanol–water partition coefficient (Wildman–Crippen LogP) is 3.57. The molecule has 1 N–H and O–H groups in total. The SMILES string of the molecule is CCCCOC(=O)CNc1cccc(C(C)C)c1. The molecule has 0 atom stereocenters. The summed E-state index contributed by atoms with van der Waals surface area (Å²) in [6.45, 7) is 7.12. The Morgan fingerprint density at radius 1 is 1.39 bits per heavy atom. The first kappa shape index (κ1) is 14.6. The molecule has 0 fully saturated rings. The van der Waals surface area contributed by atoms with Crippen molar-refractivity contribution in [1.82, 2.24) is 0 Å². The molecule has 0 aliphatic heterocycles. The van der Waals surface area contributed by atoms with Gasteiger partial charge in [-0.3, -0.25) is 4.79 Å². The van der Waals surface area contributed by atoms with Crippen molar-refractivity contribution in [2.45, 2.75) is 39.5 Å². The molecule has 3 nitrogen and oxygen atoms in total. The first-order valence-electron chi connectivity index (χ1n) is 6.63. The second-order valence-corrected chi connectivity index (χ2v) is 4.71. The van der Waals surface area contributed by atoms with Gasteiger partial charge in [0, 0.05) is 5.69 Å². The fourth-order valence-electron chi connectivity index (χ4n) is 1.56. The largest absolute Gasteiger partial charge is 0.464 e. The third kappa shape index (κ3) is 5.21. The summed E-state index contributed by atoms with van der Waals surface area (Å²) in [6.07, 6.45) is 1.96. The van der Waals surface area contributed by atoms with Gasteiger partial charge < -0.3 is 10.1 Å². The van der Waals surface area contributed by atoms with Crippen molar-refractivity contribution in [1.29, 1.82) is 0 Å². The molecule has 18 heavy (non-hydrogen) atoms. The lowest BCUT2D eigenvalue weighted by molar-refractivity contribution is -0.141. The molecule has 0 amide bonds. The Kier molecular flexibility index (Phi) is 6.26. The van der Waals surface area contributed by atoms with Gasteiger partial charge in [-0.05, 0) is 30.0 Å².